The van der Waals surface area contributed by atoms with Gasteiger partial charge in [0.15, 0.2) is 0 Å². The van der Waals surface area contributed by atoms with E-state index in [-0.39, 0.29) is 18.2 Å². The molecule has 0 aromatic rings. The molecule has 0 unspecified atom stereocenters. The lowest BCUT2D eigenvalue weighted by Crippen LogP contribution is -2.43. The van der Waals surface area contributed by atoms with Crippen LogP contribution in [-0.2, 0) is 4.74 Å². The van der Waals surface area contributed by atoms with Gasteiger partial charge in [0.25, 0.3) is 0 Å². The highest BCUT2D eigenvalue weighted by atomic mass is 16.6. The van der Waals surface area contributed by atoms with E-state index in [1.54, 1.807) is 7.05 Å². The first-order valence-electron chi connectivity index (χ1n) is 3.36. The molecule has 1 rings (SSSR count). The topological polar surface area (TPSA) is 64.3 Å². The number of amides is 1. The summed E-state index contributed by atoms with van der Waals surface area (Å²) in [4.78, 5) is 10.5. The van der Waals surface area contributed by atoms with Gasteiger partial charge in [-0.05, 0) is 12.8 Å². The van der Waals surface area contributed by atoms with Gasteiger partial charge in [-0.15, -0.1) is 0 Å². The second-order valence-electron chi connectivity index (χ2n) is 2.51. The first-order valence-corrected chi connectivity index (χ1v) is 3.36. The van der Waals surface area contributed by atoms with E-state index in [2.05, 4.69) is 5.32 Å². The molecule has 4 heteroatoms. The monoisotopic (exact) mass is 144 g/mol. The number of hydrogen-bond donors (Lipinski definition) is 2. The Kier molecular flexibility index (Phi) is 2.11. The van der Waals surface area contributed by atoms with E-state index in [4.69, 9.17) is 10.5 Å². The van der Waals surface area contributed by atoms with Gasteiger partial charge < -0.3 is 15.8 Å². The molecule has 1 aliphatic rings. The summed E-state index contributed by atoms with van der Waals surface area (Å²) in [6.45, 7) is 0. The molecule has 1 aliphatic carbocycles. The minimum atomic E-state index is -0.364. The molecule has 0 atom stereocenters. The molecule has 1 saturated carbocycles. The van der Waals surface area contributed by atoms with Crippen molar-refractivity contribution in [2.45, 2.75) is 25.0 Å². The zero-order chi connectivity index (χ0) is 7.56. The van der Waals surface area contributed by atoms with Gasteiger partial charge in [-0.2, -0.15) is 0 Å². The van der Waals surface area contributed by atoms with Crippen LogP contribution in [0.15, 0.2) is 0 Å². The first-order chi connectivity index (χ1) is 4.72. The summed E-state index contributed by atoms with van der Waals surface area (Å²) in [5.74, 6) is 0. The van der Waals surface area contributed by atoms with Gasteiger partial charge in [0.05, 0.1) is 0 Å². The third-order valence-corrected chi connectivity index (χ3v) is 1.61. The molecule has 4 nitrogen and oxygen atoms in total. The Hall–Kier alpha value is -0.770. The van der Waals surface area contributed by atoms with Crippen molar-refractivity contribution in [3.8, 4) is 0 Å². The van der Waals surface area contributed by atoms with Crippen molar-refractivity contribution in [1.29, 1.82) is 0 Å². The van der Waals surface area contributed by atoms with Gasteiger partial charge >= 0.3 is 6.09 Å². The van der Waals surface area contributed by atoms with Gasteiger partial charge in [-0.25, -0.2) is 4.79 Å². The molecule has 0 radical (unpaired) electrons. The van der Waals surface area contributed by atoms with Crippen molar-refractivity contribution in [2.24, 2.45) is 5.73 Å². The van der Waals surface area contributed by atoms with Crippen molar-refractivity contribution in [1.82, 2.24) is 5.32 Å². The molecule has 3 N–H and O–H groups in total. The van der Waals surface area contributed by atoms with Crippen LogP contribution >= 0.6 is 0 Å². The Bertz CT molecular complexity index is 132. The first kappa shape index (κ1) is 7.34. The molecule has 0 aromatic heterocycles. The zero-order valence-corrected chi connectivity index (χ0v) is 5.96. The predicted molar refractivity (Wildman–Crippen MR) is 36.5 cm³/mol. The van der Waals surface area contributed by atoms with Gasteiger partial charge in [0.2, 0.25) is 0 Å². The maximum Gasteiger partial charge on any atom is 0.407 e. The van der Waals surface area contributed by atoms with Crippen LogP contribution in [0, 0.1) is 0 Å². The van der Waals surface area contributed by atoms with E-state index in [0.717, 1.165) is 12.8 Å². The molecule has 0 aromatic carbocycles. The third-order valence-electron chi connectivity index (χ3n) is 1.61. The molecular formula is C6H12N2O2. The van der Waals surface area contributed by atoms with Crippen molar-refractivity contribution in [3.63, 3.8) is 0 Å². The number of nitrogens with two attached hydrogens (primary N) is 1. The Labute approximate surface area is 59.7 Å². The minimum Gasteiger partial charge on any atom is -0.446 e. The third kappa shape index (κ3) is 1.60. The molecule has 1 amide bonds. The molecule has 58 valence electrons. The standard InChI is InChI=1S/C6H12N2O2/c1-8-6(9)10-5-2-4(7)3-5/h4-5H,2-3,7H2,1H3,(H,8,9)/t4-,5+. The molecule has 0 heterocycles. The van der Waals surface area contributed by atoms with Crippen molar-refractivity contribution < 1.29 is 9.53 Å². The van der Waals surface area contributed by atoms with Crippen LogP contribution in [0.4, 0.5) is 4.79 Å². The van der Waals surface area contributed by atoms with E-state index in [9.17, 15) is 4.79 Å². The van der Waals surface area contributed by atoms with Crippen LogP contribution in [0.1, 0.15) is 12.8 Å². The number of rotatable bonds is 1. The molecule has 0 bridgehead atoms. The van der Waals surface area contributed by atoms with Gasteiger partial charge in [-0.1, -0.05) is 0 Å². The average molecular weight is 144 g/mol. The van der Waals surface area contributed by atoms with E-state index in [0.29, 0.717) is 0 Å². The summed E-state index contributed by atoms with van der Waals surface area (Å²) in [5.41, 5.74) is 5.47. The van der Waals surface area contributed by atoms with Crippen molar-refractivity contribution in [2.75, 3.05) is 7.05 Å². The maximum absolute atomic E-state index is 10.5. The Morgan fingerprint density at radius 2 is 2.30 bits per heavy atom. The van der Waals surface area contributed by atoms with Crippen LogP contribution in [0.3, 0.4) is 0 Å². The lowest BCUT2D eigenvalue weighted by Gasteiger charge is -2.31. The Morgan fingerprint density at radius 1 is 1.70 bits per heavy atom. The van der Waals surface area contributed by atoms with Crippen LogP contribution in [-0.4, -0.2) is 25.3 Å². The van der Waals surface area contributed by atoms with E-state index < -0.39 is 0 Å². The fourth-order valence-corrected chi connectivity index (χ4v) is 0.913. The quantitative estimate of drug-likeness (QED) is 0.537. The number of ether oxygens (including phenoxy) is 1. The number of carbonyl (C=O) groups is 1. The van der Waals surface area contributed by atoms with E-state index in [1.807, 2.05) is 0 Å². The van der Waals surface area contributed by atoms with Crippen LogP contribution in [0.25, 0.3) is 0 Å². The lowest BCUT2D eigenvalue weighted by atomic mass is 9.90. The summed E-state index contributed by atoms with van der Waals surface area (Å²) in [5, 5.41) is 2.38. The number of alkyl carbamates (subject to hydrolysis) is 1. The number of hydrogen-bond acceptors (Lipinski definition) is 3. The predicted octanol–water partition coefficient (Wildman–Crippen LogP) is -0.168. The van der Waals surface area contributed by atoms with Crippen LogP contribution in [0.5, 0.6) is 0 Å². The molecular weight excluding hydrogens is 132 g/mol. The van der Waals surface area contributed by atoms with E-state index >= 15 is 0 Å². The van der Waals surface area contributed by atoms with Gasteiger partial charge in [0, 0.05) is 13.1 Å². The molecule has 1 fully saturated rings. The zero-order valence-electron chi connectivity index (χ0n) is 5.96. The highest BCUT2D eigenvalue weighted by molar-refractivity contribution is 5.66. The second-order valence-corrected chi connectivity index (χ2v) is 2.51. The summed E-state index contributed by atoms with van der Waals surface area (Å²) in [7, 11) is 1.54. The molecule has 0 spiro atoms. The number of carbonyl (C=O) groups excluding carboxylic acids is 1. The second kappa shape index (κ2) is 2.88. The molecule has 0 aliphatic heterocycles. The normalized spacial score (nSPS) is 30.6. The fraction of sp³-hybridized carbons (Fsp3) is 0.833. The van der Waals surface area contributed by atoms with Crippen molar-refractivity contribution in [3.05, 3.63) is 0 Å². The van der Waals surface area contributed by atoms with Gasteiger partial charge in [-0.3, -0.25) is 0 Å². The summed E-state index contributed by atoms with van der Waals surface area (Å²) in [6.07, 6.45) is 1.28. The lowest BCUT2D eigenvalue weighted by molar-refractivity contribution is 0.0425. The van der Waals surface area contributed by atoms with Gasteiger partial charge in [0.1, 0.15) is 6.10 Å². The highest BCUT2D eigenvalue weighted by Gasteiger charge is 2.28. The maximum atomic E-state index is 10.5. The highest BCUT2D eigenvalue weighted by Crippen LogP contribution is 2.20. The Balaban J connectivity index is 2.10. The average Bonchev–Trinajstić information content (AvgIpc) is 1.84. The minimum absolute atomic E-state index is 0.0509. The SMILES string of the molecule is CNC(=O)O[C@H]1C[C@@H](N)C1. The Morgan fingerprint density at radius 3 is 2.70 bits per heavy atom. The largest absolute Gasteiger partial charge is 0.446 e. The summed E-state index contributed by atoms with van der Waals surface area (Å²) >= 11 is 0. The van der Waals surface area contributed by atoms with Crippen LogP contribution in [0.2, 0.25) is 0 Å². The fourth-order valence-electron chi connectivity index (χ4n) is 0.913. The smallest absolute Gasteiger partial charge is 0.407 e. The summed E-state index contributed by atoms with van der Waals surface area (Å²) in [6, 6.07) is 0.231. The molecule has 0 saturated heterocycles. The molecule has 10 heavy (non-hydrogen) atoms. The summed E-state index contributed by atoms with van der Waals surface area (Å²) < 4.78 is 4.88. The van der Waals surface area contributed by atoms with Crippen molar-refractivity contribution >= 4 is 6.09 Å². The number of nitrogens with one attached hydrogen (secondary N) is 1. The van der Waals surface area contributed by atoms with E-state index in [1.165, 1.54) is 0 Å². The van der Waals surface area contributed by atoms with Crippen LogP contribution < -0.4 is 11.1 Å².